The van der Waals surface area contributed by atoms with Crippen LogP contribution in [0.5, 0.6) is 0 Å². The zero-order chi connectivity index (χ0) is 16.1. The van der Waals surface area contributed by atoms with Crippen LogP contribution in [0.2, 0.25) is 0 Å². The Labute approximate surface area is 138 Å². The number of nitrogens with one attached hydrogen (secondary N) is 1. The first-order valence-corrected chi connectivity index (χ1v) is 8.51. The molecule has 0 bridgehead atoms. The summed E-state index contributed by atoms with van der Waals surface area (Å²) < 4.78 is 12.8. The van der Waals surface area contributed by atoms with Crippen molar-refractivity contribution in [3.63, 3.8) is 0 Å². The maximum Gasteiger partial charge on any atom is 0.225 e. The summed E-state index contributed by atoms with van der Waals surface area (Å²) in [6.07, 6.45) is 2.26. The Balaban J connectivity index is 1.39. The number of hydrogen-bond donors (Lipinski definition) is 1. The standard InChI is InChI=1S/C16H19FN4OS/c17-13-1-3-14(4-2-13)19-15(22)5-7-20-8-10-21(11-9-20)16-18-6-12-23-16/h1-4,6,12H,5,7-11H2,(H,19,22). The average Bonchev–Trinajstić information content (AvgIpc) is 3.10. The second-order valence-corrected chi connectivity index (χ2v) is 6.32. The third kappa shape index (κ3) is 4.49. The van der Waals surface area contributed by atoms with Crippen LogP contribution in [0.1, 0.15) is 6.42 Å². The lowest BCUT2D eigenvalue weighted by Crippen LogP contribution is -2.47. The number of thiazole rings is 1. The maximum atomic E-state index is 12.8. The molecule has 122 valence electrons. The van der Waals surface area contributed by atoms with Crippen LogP contribution in [0.25, 0.3) is 0 Å². The lowest BCUT2D eigenvalue weighted by molar-refractivity contribution is -0.116. The molecule has 0 atom stereocenters. The molecule has 3 rings (SSSR count). The summed E-state index contributed by atoms with van der Waals surface area (Å²) in [5, 5.41) is 5.84. The molecule has 2 aromatic rings. The Morgan fingerprint density at radius 3 is 2.61 bits per heavy atom. The molecule has 0 radical (unpaired) electrons. The molecule has 1 saturated heterocycles. The van der Waals surface area contributed by atoms with E-state index >= 15 is 0 Å². The second kappa shape index (κ2) is 7.52. The molecule has 0 saturated carbocycles. The number of piperazine rings is 1. The SMILES string of the molecule is O=C(CCN1CCN(c2nccs2)CC1)Nc1ccc(F)cc1. The molecule has 1 amide bonds. The van der Waals surface area contributed by atoms with Gasteiger partial charge in [0, 0.05) is 56.4 Å². The van der Waals surface area contributed by atoms with Gasteiger partial charge in [-0.25, -0.2) is 9.37 Å². The van der Waals surface area contributed by atoms with E-state index < -0.39 is 0 Å². The van der Waals surface area contributed by atoms with Gasteiger partial charge in [-0.15, -0.1) is 11.3 Å². The van der Waals surface area contributed by atoms with Crippen LogP contribution < -0.4 is 10.2 Å². The number of halogens is 1. The first-order valence-electron chi connectivity index (χ1n) is 7.63. The van der Waals surface area contributed by atoms with Crippen molar-refractivity contribution >= 4 is 28.1 Å². The summed E-state index contributed by atoms with van der Waals surface area (Å²) in [5.41, 5.74) is 0.630. The van der Waals surface area contributed by atoms with E-state index in [1.54, 1.807) is 23.5 Å². The fourth-order valence-corrected chi connectivity index (χ4v) is 3.25. The predicted octanol–water partition coefficient (Wildman–Crippen LogP) is 2.43. The summed E-state index contributed by atoms with van der Waals surface area (Å²) >= 11 is 1.66. The molecule has 1 aromatic carbocycles. The lowest BCUT2D eigenvalue weighted by atomic mass is 10.2. The van der Waals surface area contributed by atoms with Gasteiger partial charge in [0.2, 0.25) is 5.91 Å². The minimum absolute atomic E-state index is 0.0426. The molecule has 1 fully saturated rings. The predicted molar refractivity (Wildman–Crippen MR) is 90.4 cm³/mol. The first kappa shape index (κ1) is 15.9. The summed E-state index contributed by atoms with van der Waals surface area (Å²) in [4.78, 5) is 20.8. The Morgan fingerprint density at radius 2 is 1.96 bits per heavy atom. The number of rotatable bonds is 5. The van der Waals surface area contributed by atoms with Gasteiger partial charge in [0.05, 0.1) is 0 Å². The van der Waals surface area contributed by atoms with Gasteiger partial charge in [0.25, 0.3) is 0 Å². The monoisotopic (exact) mass is 334 g/mol. The quantitative estimate of drug-likeness (QED) is 0.912. The van der Waals surface area contributed by atoms with Crippen molar-refractivity contribution in [3.8, 4) is 0 Å². The molecular formula is C16H19FN4OS. The molecule has 5 nitrogen and oxygen atoms in total. The topological polar surface area (TPSA) is 48.5 Å². The van der Waals surface area contributed by atoms with Crippen molar-refractivity contribution in [2.24, 2.45) is 0 Å². The normalized spacial score (nSPS) is 15.6. The van der Waals surface area contributed by atoms with Crippen molar-refractivity contribution in [2.75, 3.05) is 42.9 Å². The van der Waals surface area contributed by atoms with Gasteiger partial charge in [-0.2, -0.15) is 0 Å². The minimum atomic E-state index is -0.305. The lowest BCUT2D eigenvalue weighted by Gasteiger charge is -2.34. The number of hydrogen-bond acceptors (Lipinski definition) is 5. The van der Waals surface area contributed by atoms with Gasteiger partial charge >= 0.3 is 0 Å². The highest BCUT2D eigenvalue weighted by atomic mass is 32.1. The zero-order valence-electron chi connectivity index (χ0n) is 12.7. The number of nitrogens with zero attached hydrogens (tertiary/aromatic N) is 3. The van der Waals surface area contributed by atoms with E-state index in [0.29, 0.717) is 12.1 Å². The minimum Gasteiger partial charge on any atom is -0.346 e. The molecule has 1 aliphatic heterocycles. The Kier molecular flexibility index (Phi) is 5.19. The van der Waals surface area contributed by atoms with Gasteiger partial charge in [-0.1, -0.05) is 0 Å². The number of carbonyl (C=O) groups excluding carboxylic acids is 1. The molecule has 0 spiro atoms. The molecule has 23 heavy (non-hydrogen) atoms. The van der Waals surface area contributed by atoms with Gasteiger partial charge in [0.1, 0.15) is 5.82 Å². The van der Waals surface area contributed by atoms with Crippen LogP contribution in [0.15, 0.2) is 35.8 Å². The Morgan fingerprint density at radius 1 is 1.22 bits per heavy atom. The maximum absolute atomic E-state index is 12.8. The molecule has 1 aliphatic rings. The molecule has 1 aromatic heterocycles. The van der Waals surface area contributed by atoms with Gasteiger partial charge in [-0.05, 0) is 24.3 Å². The smallest absolute Gasteiger partial charge is 0.225 e. The number of benzene rings is 1. The van der Waals surface area contributed by atoms with Crippen LogP contribution in [0.4, 0.5) is 15.2 Å². The highest BCUT2D eigenvalue weighted by molar-refractivity contribution is 7.13. The van der Waals surface area contributed by atoms with E-state index in [1.807, 2.05) is 11.6 Å². The van der Waals surface area contributed by atoms with Crippen LogP contribution in [-0.2, 0) is 4.79 Å². The summed E-state index contributed by atoms with van der Waals surface area (Å²) in [5.74, 6) is -0.347. The van der Waals surface area contributed by atoms with Gasteiger partial charge in [-0.3, -0.25) is 9.69 Å². The summed E-state index contributed by atoms with van der Waals surface area (Å²) in [7, 11) is 0. The van der Waals surface area contributed by atoms with Crippen LogP contribution >= 0.6 is 11.3 Å². The average molecular weight is 334 g/mol. The Hall–Kier alpha value is -1.99. The van der Waals surface area contributed by atoms with E-state index in [4.69, 9.17) is 0 Å². The van der Waals surface area contributed by atoms with E-state index in [0.717, 1.165) is 37.9 Å². The molecular weight excluding hydrogens is 315 g/mol. The molecule has 1 N–H and O–H groups in total. The van der Waals surface area contributed by atoms with Crippen LogP contribution in [0.3, 0.4) is 0 Å². The fourth-order valence-electron chi connectivity index (χ4n) is 2.55. The summed E-state index contributed by atoms with van der Waals surface area (Å²) in [6, 6.07) is 5.82. The van der Waals surface area contributed by atoms with Gasteiger partial charge in [0.15, 0.2) is 5.13 Å². The number of amides is 1. The number of carbonyl (C=O) groups is 1. The molecule has 7 heteroatoms. The van der Waals surface area contributed by atoms with Crippen molar-refractivity contribution in [1.29, 1.82) is 0 Å². The fraction of sp³-hybridized carbons (Fsp3) is 0.375. The number of aromatic nitrogens is 1. The van der Waals surface area contributed by atoms with E-state index in [2.05, 4.69) is 20.1 Å². The van der Waals surface area contributed by atoms with Crippen molar-refractivity contribution < 1.29 is 9.18 Å². The van der Waals surface area contributed by atoms with Crippen LogP contribution in [-0.4, -0.2) is 48.5 Å². The molecule has 0 unspecified atom stereocenters. The Bertz CT molecular complexity index is 624. The largest absolute Gasteiger partial charge is 0.346 e. The van der Waals surface area contributed by atoms with Crippen molar-refractivity contribution in [3.05, 3.63) is 41.7 Å². The third-order valence-corrected chi connectivity index (χ3v) is 4.68. The van der Waals surface area contributed by atoms with Crippen molar-refractivity contribution in [2.45, 2.75) is 6.42 Å². The summed E-state index contributed by atoms with van der Waals surface area (Å²) in [6.45, 7) is 4.48. The van der Waals surface area contributed by atoms with E-state index in [1.165, 1.54) is 12.1 Å². The van der Waals surface area contributed by atoms with Crippen molar-refractivity contribution in [1.82, 2.24) is 9.88 Å². The highest BCUT2D eigenvalue weighted by Gasteiger charge is 2.19. The second-order valence-electron chi connectivity index (χ2n) is 5.45. The first-order chi connectivity index (χ1) is 11.2. The van der Waals surface area contributed by atoms with Crippen LogP contribution in [0, 0.1) is 5.82 Å². The van der Waals surface area contributed by atoms with E-state index in [-0.39, 0.29) is 11.7 Å². The molecule has 0 aliphatic carbocycles. The number of anilines is 2. The van der Waals surface area contributed by atoms with Gasteiger partial charge < -0.3 is 10.2 Å². The third-order valence-electron chi connectivity index (χ3n) is 3.85. The highest BCUT2D eigenvalue weighted by Crippen LogP contribution is 2.18. The van der Waals surface area contributed by atoms with E-state index in [9.17, 15) is 9.18 Å². The zero-order valence-corrected chi connectivity index (χ0v) is 13.6. The molecule has 2 heterocycles.